The molecule has 1 aliphatic rings. The van der Waals surface area contributed by atoms with Gasteiger partial charge in [-0.25, -0.2) is 9.13 Å². The normalized spacial score (nSPS) is 18.6. The maximum atomic E-state index is 12.8. The van der Waals surface area contributed by atoms with Crippen LogP contribution in [-0.4, -0.2) is 5.78 Å². The SMILES string of the molecule is C[n+]1cccc(/C=C2/CCC/C(=C/c3ccc[n+](C)c3)C2=O)c1. The van der Waals surface area contributed by atoms with E-state index >= 15 is 0 Å². The molecular weight excluding hydrogens is 284 g/mol. The van der Waals surface area contributed by atoms with Gasteiger partial charge in [-0.1, -0.05) is 0 Å². The third kappa shape index (κ3) is 3.81. The summed E-state index contributed by atoms with van der Waals surface area (Å²) in [5.74, 6) is 0.189. The van der Waals surface area contributed by atoms with Crippen molar-refractivity contribution in [3.8, 4) is 0 Å². The summed E-state index contributed by atoms with van der Waals surface area (Å²) in [5.41, 5.74) is 3.97. The van der Waals surface area contributed by atoms with Gasteiger partial charge in [0, 0.05) is 34.4 Å². The van der Waals surface area contributed by atoms with Crippen molar-refractivity contribution in [1.82, 2.24) is 0 Å². The molecule has 1 fully saturated rings. The summed E-state index contributed by atoms with van der Waals surface area (Å²) in [6.45, 7) is 0. The lowest BCUT2D eigenvalue weighted by Crippen LogP contribution is -2.26. The van der Waals surface area contributed by atoms with Crippen LogP contribution in [0.2, 0.25) is 0 Å². The summed E-state index contributed by atoms with van der Waals surface area (Å²) < 4.78 is 4.00. The highest BCUT2D eigenvalue weighted by Crippen LogP contribution is 2.27. The minimum atomic E-state index is 0.189. The molecule has 0 unspecified atom stereocenters. The third-order valence-electron chi connectivity index (χ3n) is 4.08. The maximum absolute atomic E-state index is 12.8. The first-order valence-corrected chi connectivity index (χ1v) is 7.98. The van der Waals surface area contributed by atoms with Crippen molar-refractivity contribution >= 4 is 17.9 Å². The fourth-order valence-corrected chi connectivity index (χ4v) is 2.97. The number of pyridine rings is 2. The molecule has 0 radical (unpaired) electrons. The fourth-order valence-electron chi connectivity index (χ4n) is 2.97. The topological polar surface area (TPSA) is 24.8 Å². The van der Waals surface area contributed by atoms with Crippen molar-refractivity contribution in [2.75, 3.05) is 0 Å². The molecule has 2 aromatic heterocycles. The van der Waals surface area contributed by atoms with E-state index in [1.165, 1.54) is 0 Å². The number of ketones is 1. The average Bonchev–Trinajstić information content (AvgIpc) is 2.51. The van der Waals surface area contributed by atoms with Crippen molar-refractivity contribution < 1.29 is 13.9 Å². The van der Waals surface area contributed by atoms with E-state index in [1.54, 1.807) is 0 Å². The monoisotopic (exact) mass is 306 g/mol. The van der Waals surface area contributed by atoms with Gasteiger partial charge in [-0.15, -0.1) is 0 Å². The molecule has 0 aromatic carbocycles. The number of allylic oxidation sites excluding steroid dienone is 2. The first kappa shape index (κ1) is 15.3. The first-order valence-electron chi connectivity index (χ1n) is 7.98. The number of rotatable bonds is 2. The Bertz CT molecular complexity index is 737. The Morgan fingerprint density at radius 1 is 0.870 bits per heavy atom. The van der Waals surface area contributed by atoms with E-state index in [2.05, 4.69) is 0 Å². The van der Waals surface area contributed by atoms with E-state index in [0.29, 0.717) is 0 Å². The summed E-state index contributed by atoms with van der Waals surface area (Å²) in [5, 5.41) is 0. The molecule has 3 heteroatoms. The lowest BCUT2D eigenvalue weighted by molar-refractivity contribution is -0.671. The summed E-state index contributed by atoms with van der Waals surface area (Å²) in [6, 6.07) is 8.08. The Balaban J connectivity index is 1.89. The van der Waals surface area contributed by atoms with Crippen LogP contribution in [0.15, 0.2) is 60.2 Å². The van der Waals surface area contributed by atoms with Crippen LogP contribution >= 0.6 is 0 Å². The second-order valence-corrected chi connectivity index (χ2v) is 6.13. The molecule has 3 rings (SSSR count). The lowest BCUT2D eigenvalue weighted by atomic mass is 9.87. The Kier molecular flexibility index (Phi) is 4.47. The van der Waals surface area contributed by atoms with Gasteiger partial charge >= 0.3 is 0 Å². The molecule has 0 bridgehead atoms. The van der Waals surface area contributed by atoms with E-state index in [0.717, 1.165) is 41.5 Å². The number of carbonyl (C=O) groups excluding carboxylic acids is 1. The highest BCUT2D eigenvalue weighted by Gasteiger charge is 2.21. The smallest absolute Gasteiger partial charge is 0.185 e. The number of aryl methyl sites for hydroxylation is 2. The fraction of sp³-hybridized carbons (Fsp3) is 0.250. The highest BCUT2D eigenvalue weighted by atomic mass is 16.1. The molecule has 0 N–H and O–H groups in total. The van der Waals surface area contributed by atoms with Gasteiger partial charge in [-0.2, -0.15) is 0 Å². The zero-order chi connectivity index (χ0) is 16.2. The van der Waals surface area contributed by atoms with Gasteiger partial charge in [-0.3, -0.25) is 4.79 Å². The quantitative estimate of drug-likeness (QED) is 0.618. The minimum Gasteiger partial charge on any atom is -0.289 e. The summed E-state index contributed by atoms with van der Waals surface area (Å²) in [6.07, 6.45) is 14.9. The van der Waals surface area contributed by atoms with Crippen molar-refractivity contribution in [3.05, 3.63) is 71.3 Å². The van der Waals surface area contributed by atoms with Crippen LogP contribution in [0, 0.1) is 0 Å². The number of Topliss-reactive ketones (excluding diaryl/α,β-unsaturated/α-hetero) is 1. The Morgan fingerprint density at radius 2 is 1.35 bits per heavy atom. The molecule has 1 saturated carbocycles. The Hall–Kier alpha value is -2.55. The maximum Gasteiger partial charge on any atom is 0.185 e. The number of nitrogens with zero attached hydrogens (tertiary/aromatic N) is 2. The van der Waals surface area contributed by atoms with Crippen LogP contribution < -0.4 is 9.13 Å². The second kappa shape index (κ2) is 6.69. The average molecular weight is 306 g/mol. The molecule has 23 heavy (non-hydrogen) atoms. The summed E-state index contributed by atoms with van der Waals surface area (Å²) >= 11 is 0. The Morgan fingerprint density at radius 3 is 1.78 bits per heavy atom. The van der Waals surface area contributed by atoms with Crippen LogP contribution in [-0.2, 0) is 18.9 Å². The van der Waals surface area contributed by atoms with Crippen LogP contribution in [0.1, 0.15) is 30.4 Å². The van der Waals surface area contributed by atoms with Crippen molar-refractivity contribution in [2.45, 2.75) is 19.3 Å². The van der Waals surface area contributed by atoms with E-state index in [-0.39, 0.29) is 5.78 Å². The van der Waals surface area contributed by atoms with Gasteiger partial charge in [0.1, 0.15) is 14.1 Å². The molecule has 0 saturated heterocycles. The zero-order valence-corrected chi connectivity index (χ0v) is 13.7. The van der Waals surface area contributed by atoms with Crippen molar-refractivity contribution in [1.29, 1.82) is 0 Å². The lowest BCUT2D eigenvalue weighted by Gasteiger charge is -2.16. The number of carbonyl (C=O) groups is 1. The molecule has 2 aromatic rings. The molecular formula is C20H22N2O+2. The number of hydrogen-bond acceptors (Lipinski definition) is 1. The van der Waals surface area contributed by atoms with Crippen LogP contribution in [0.5, 0.6) is 0 Å². The minimum absolute atomic E-state index is 0.189. The molecule has 1 aliphatic carbocycles. The standard InChI is InChI=1S/C20H22N2O/c1-21-10-4-6-16(14-21)12-18-8-3-9-19(20(18)23)13-17-7-5-11-22(2)15-17/h4-7,10-15H,3,8-9H2,1-2H3/q+2/b18-12-,19-13-. The van der Waals surface area contributed by atoms with E-state index in [4.69, 9.17) is 0 Å². The van der Waals surface area contributed by atoms with Crippen LogP contribution in [0.3, 0.4) is 0 Å². The summed E-state index contributed by atoms with van der Waals surface area (Å²) in [4.78, 5) is 12.8. The predicted molar refractivity (Wildman–Crippen MR) is 90.0 cm³/mol. The largest absolute Gasteiger partial charge is 0.289 e. The molecule has 0 aliphatic heterocycles. The van der Waals surface area contributed by atoms with E-state index in [1.807, 2.05) is 84.4 Å². The molecule has 3 nitrogen and oxygen atoms in total. The molecule has 116 valence electrons. The second-order valence-electron chi connectivity index (χ2n) is 6.13. The van der Waals surface area contributed by atoms with Crippen LogP contribution in [0.4, 0.5) is 0 Å². The van der Waals surface area contributed by atoms with Crippen molar-refractivity contribution in [3.63, 3.8) is 0 Å². The van der Waals surface area contributed by atoms with Gasteiger partial charge in [0.2, 0.25) is 0 Å². The van der Waals surface area contributed by atoms with Gasteiger partial charge in [0.15, 0.2) is 30.6 Å². The number of aromatic nitrogens is 2. The molecule has 0 spiro atoms. The Labute approximate surface area is 137 Å². The predicted octanol–water partition coefficient (Wildman–Crippen LogP) is 2.56. The van der Waals surface area contributed by atoms with Gasteiger partial charge < -0.3 is 0 Å². The summed E-state index contributed by atoms with van der Waals surface area (Å²) in [7, 11) is 3.98. The van der Waals surface area contributed by atoms with Gasteiger partial charge in [0.05, 0.1) is 0 Å². The first-order chi connectivity index (χ1) is 11.1. The van der Waals surface area contributed by atoms with Gasteiger partial charge in [0.25, 0.3) is 0 Å². The molecule has 0 amide bonds. The molecule has 0 atom stereocenters. The number of hydrogen-bond donors (Lipinski definition) is 0. The zero-order valence-electron chi connectivity index (χ0n) is 13.7. The van der Waals surface area contributed by atoms with Crippen LogP contribution in [0.25, 0.3) is 12.2 Å². The third-order valence-corrected chi connectivity index (χ3v) is 4.08. The highest BCUT2D eigenvalue weighted by molar-refractivity contribution is 6.13. The van der Waals surface area contributed by atoms with E-state index < -0.39 is 0 Å². The molecule has 2 heterocycles. The van der Waals surface area contributed by atoms with E-state index in [9.17, 15) is 4.79 Å². The van der Waals surface area contributed by atoms with Crippen molar-refractivity contribution in [2.24, 2.45) is 14.1 Å². The van der Waals surface area contributed by atoms with Gasteiger partial charge in [-0.05, 0) is 43.5 Å².